The molecular weight excluding hydrogens is 290 g/mol. The third-order valence-corrected chi connectivity index (χ3v) is 4.98. The van der Waals surface area contributed by atoms with Crippen LogP contribution in [0.5, 0.6) is 0 Å². The van der Waals surface area contributed by atoms with Crippen molar-refractivity contribution in [1.82, 2.24) is 15.3 Å². The Morgan fingerprint density at radius 3 is 2.78 bits per heavy atom. The van der Waals surface area contributed by atoms with Crippen molar-refractivity contribution in [3.05, 3.63) is 23.8 Å². The van der Waals surface area contributed by atoms with Gasteiger partial charge in [-0.1, -0.05) is 26.2 Å². The summed E-state index contributed by atoms with van der Waals surface area (Å²) in [6.45, 7) is 5.12. The number of aliphatic hydroxyl groups excluding tert-OH is 2. The zero-order chi connectivity index (χ0) is 16.7. The lowest BCUT2D eigenvalue weighted by atomic mass is 9.88. The van der Waals surface area contributed by atoms with Crippen molar-refractivity contribution in [3.8, 4) is 0 Å². The summed E-state index contributed by atoms with van der Waals surface area (Å²) in [6.07, 6.45) is 7.78. The monoisotopic (exact) mass is 321 g/mol. The van der Waals surface area contributed by atoms with Crippen molar-refractivity contribution in [2.24, 2.45) is 11.8 Å². The number of aryl methyl sites for hydroxylation is 1. The predicted molar refractivity (Wildman–Crippen MR) is 91.1 cm³/mol. The minimum absolute atomic E-state index is 0.0317. The molecule has 0 amide bonds. The minimum atomic E-state index is -0.430. The van der Waals surface area contributed by atoms with E-state index in [1.165, 1.54) is 25.7 Å². The van der Waals surface area contributed by atoms with Crippen LogP contribution in [0, 0.1) is 18.8 Å². The maximum atomic E-state index is 10.3. The summed E-state index contributed by atoms with van der Waals surface area (Å²) in [4.78, 5) is 8.62. The topological polar surface area (TPSA) is 78.3 Å². The van der Waals surface area contributed by atoms with Gasteiger partial charge < -0.3 is 15.5 Å². The van der Waals surface area contributed by atoms with E-state index in [1.807, 2.05) is 13.0 Å². The molecule has 0 spiro atoms. The molecule has 0 aliphatic heterocycles. The molecule has 4 atom stereocenters. The molecule has 23 heavy (non-hydrogen) atoms. The highest BCUT2D eigenvalue weighted by Crippen LogP contribution is 2.34. The summed E-state index contributed by atoms with van der Waals surface area (Å²) < 4.78 is 0. The fourth-order valence-electron chi connectivity index (χ4n) is 3.68. The molecular formula is C18H31N3O2. The van der Waals surface area contributed by atoms with Gasteiger partial charge in [-0.25, -0.2) is 9.97 Å². The molecule has 1 heterocycles. The van der Waals surface area contributed by atoms with E-state index in [9.17, 15) is 10.2 Å². The van der Waals surface area contributed by atoms with Crippen molar-refractivity contribution in [2.45, 2.75) is 64.5 Å². The van der Waals surface area contributed by atoms with Crippen molar-refractivity contribution in [2.75, 3.05) is 13.2 Å². The van der Waals surface area contributed by atoms with Gasteiger partial charge in [0.05, 0.1) is 6.10 Å². The second-order valence-corrected chi connectivity index (χ2v) is 6.73. The Bertz CT molecular complexity index is 469. The lowest BCUT2D eigenvalue weighted by molar-refractivity contribution is 0.0716. The van der Waals surface area contributed by atoms with E-state index in [0.29, 0.717) is 6.42 Å². The maximum Gasteiger partial charge on any atom is 0.125 e. The van der Waals surface area contributed by atoms with E-state index in [4.69, 9.17) is 0 Å². The Morgan fingerprint density at radius 2 is 2.09 bits per heavy atom. The third-order valence-electron chi connectivity index (χ3n) is 4.98. The minimum Gasteiger partial charge on any atom is -0.396 e. The summed E-state index contributed by atoms with van der Waals surface area (Å²) in [7, 11) is 0. The summed E-state index contributed by atoms with van der Waals surface area (Å²) in [6, 6.07) is 2.18. The first-order chi connectivity index (χ1) is 11.2. The van der Waals surface area contributed by atoms with E-state index in [2.05, 4.69) is 22.2 Å². The summed E-state index contributed by atoms with van der Waals surface area (Å²) in [5.74, 6) is 0.916. The molecule has 5 nitrogen and oxygen atoms in total. The summed E-state index contributed by atoms with van der Waals surface area (Å²) >= 11 is 0. The quantitative estimate of drug-likeness (QED) is 0.605. The Balaban J connectivity index is 1.95. The first-order valence-corrected chi connectivity index (χ1v) is 8.96. The Labute approximate surface area is 139 Å². The molecule has 0 bridgehead atoms. The molecule has 5 heteroatoms. The highest BCUT2D eigenvalue weighted by molar-refractivity contribution is 5.07. The molecule has 1 aromatic rings. The molecule has 0 aromatic carbocycles. The van der Waals surface area contributed by atoms with E-state index < -0.39 is 6.10 Å². The molecule has 2 rings (SSSR count). The largest absolute Gasteiger partial charge is 0.396 e. The van der Waals surface area contributed by atoms with E-state index in [0.717, 1.165) is 24.5 Å². The van der Waals surface area contributed by atoms with Gasteiger partial charge in [-0.2, -0.15) is 0 Å². The van der Waals surface area contributed by atoms with Crippen molar-refractivity contribution < 1.29 is 10.2 Å². The molecule has 1 saturated carbocycles. The molecule has 130 valence electrons. The van der Waals surface area contributed by atoms with E-state index in [1.54, 1.807) is 6.20 Å². The molecule has 1 aliphatic rings. The van der Waals surface area contributed by atoms with Crippen LogP contribution in [0.4, 0.5) is 0 Å². The molecule has 1 aromatic heterocycles. The molecule has 1 aliphatic carbocycles. The Morgan fingerprint density at radius 1 is 1.26 bits per heavy atom. The van der Waals surface area contributed by atoms with Crippen LogP contribution >= 0.6 is 0 Å². The van der Waals surface area contributed by atoms with Crippen LogP contribution in [0.15, 0.2) is 12.3 Å². The van der Waals surface area contributed by atoms with Crippen LogP contribution in [-0.2, 0) is 6.42 Å². The van der Waals surface area contributed by atoms with Crippen molar-refractivity contribution in [3.63, 3.8) is 0 Å². The summed E-state index contributed by atoms with van der Waals surface area (Å²) in [5, 5.41) is 23.6. The van der Waals surface area contributed by atoms with Gasteiger partial charge >= 0.3 is 0 Å². The predicted octanol–water partition coefficient (Wildman–Crippen LogP) is 1.86. The lowest BCUT2D eigenvalue weighted by Gasteiger charge is -2.25. The van der Waals surface area contributed by atoms with Gasteiger partial charge in [-0.05, 0) is 44.7 Å². The van der Waals surface area contributed by atoms with E-state index in [-0.39, 0.29) is 24.5 Å². The van der Waals surface area contributed by atoms with Crippen molar-refractivity contribution >= 4 is 0 Å². The van der Waals surface area contributed by atoms with Crippen LogP contribution < -0.4 is 5.32 Å². The van der Waals surface area contributed by atoms with Gasteiger partial charge in [0.2, 0.25) is 0 Å². The highest BCUT2D eigenvalue weighted by atomic mass is 16.3. The standard InChI is InChI=1S/C18H31N3O2/c1-3-4-5-6-8-20-17-11-18(23)16(12-22)15(17)10-14-7-9-19-13(2)21-14/h7,9,15-18,20,22-23H,3-6,8,10-12H2,1-2H3/t15-,16-,17-,18-/m1/s1. The van der Waals surface area contributed by atoms with E-state index >= 15 is 0 Å². The number of nitrogens with one attached hydrogen (secondary N) is 1. The van der Waals surface area contributed by atoms with Gasteiger partial charge in [-0.15, -0.1) is 0 Å². The first kappa shape index (κ1) is 18.3. The van der Waals surface area contributed by atoms with Crippen LogP contribution in [0.2, 0.25) is 0 Å². The molecule has 3 N–H and O–H groups in total. The smallest absolute Gasteiger partial charge is 0.125 e. The second kappa shape index (κ2) is 9.30. The van der Waals surface area contributed by atoms with Gasteiger partial charge in [0, 0.05) is 30.5 Å². The van der Waals surface area contributed by atoms with Gasteiger partial charge in [0.15, 0.2) is 0 Å². The zero-order valence-corrected chi connectivity index (χ0v) is 14.4. The van der Waals surface area contributed by atoms with Gasteiger partial charge in [0.1, 0.15) is 5.82 Å². The second-order valence-electron chi connectivity index (χ2n) is 6.73. The number of nitrogens with zero attached hydrogens (tertiary/aromatic N) is 2. The van der Waals surface area contributed by atoms with Crippen LogP contribution in [0.25, 0.3) is 0 Å². The molecule has 0 unspecified atom stereocenters. The number of aliphatic hydroxyl groups is 2. The van der Waals surface area contributed by atoms with Crippen molar-refractivity contribution in [1.29, 1.82) is 0 Å². The number of hydrogen-bond acceptors (Lipinski definition) is 5. The number of aromatic nitrogens is 2. The molecule has 1 fully saturated rings. The number of unbranched alkanes of at least 4 members (excludes halogenated alkanes) is 3. The first-order valence-electron chi connectivity index (χ1n) is 8.96. The zero-order valence-electron chi connectivity index (χ0n) is 14.4. The van der Waals surface area contributed by atoms with Crippen LogP contribution in [-0.4, -0.2) is 45.5 Å². The normalized spacial score (nSPS) is 27.5. The molecule has 0 radical (unpaired) electrons. The van der Waals surface area contributed by atoms with Gasteiger partial charge in [0.25, 0.3) is 0 Å². The average molecular weight is 321 g/mol. The van der Waals surface area contributed by atoms with Gasteiger partial charge in [-0.3, -0.25) is 0 Å². The Kier molecular flexibility index (Phi) is 7.40. The number of rotatable bonds is 9. The van der Waals surface area contributed by atoms with Crippen LogP contribution in [0.3, 0.4) is 0 Å². The Hall–Kier alpha value is -1.04. The fraction of sp³-hybridized carbons (Fsp3) is 0.778. The lowest BCUT2D eigenvalue weighted by Crippen LogP contribution is -2.37. The third kappa shape index (κ3) is 5.23. The maximum absolute atomic E-state index is 10.3. The highest BCUT2D eigenvalue weighted by Gasteiger charge is 2.41. The fourth-order valence-corrected chi connectivity index (χ4v) is 3.68. The SMILES string of the molecule is CCCCCCN[C@@H]1C[C@@H](O)[C@H](CO)[C@H]1Cc1ccnc(C)n1. The summed E-state index contributed by atoms with van der Waals surface area (Å²) in [5.41, 5.74) is 0.993. The average Bonchev–Trinajstić information content (AvgIpc) is 2.82. The van der Waals surface area contributed by atoms with Crippen LogP contribution in [0.1, 0.15) is 50.5 Å². The molecule has 0 saturated heterocycles. The number of hydrogen-bond donors (Lipinski definition) is 3.